The van der Waals surface area contributed by atoms with E-state index in [1.807, 2.05) is 6.07 Å². The van der Waals surface area contributed by atoms with Crippen molar-refractivity contribution in [1.82, 2.24) is 10.3 Å². The summed E-state index contributed by atoms with van der Waals surface area (Å²) in [7, 11) is 0. The molecule has 0 radical (unpaired) electrons. The van der Waals surface area contributed by atoms with Gasteiger partial charge in [0.15, 0.2) is 0 Å². The number of morpholine rings is 2. The molecule has 3 heterocycles. The highest BCUT2D eigenvalue weighted by atomic mass is 35.5. The molecule has 1 aromatic heterocycles. The molecule has 4 nitrogen and oxygen atoms in total. The fourth-order valence-electron chi connectivity index (χ4n) is 2.35. The van der Waals surface area contributed by atoms with Crippen LogP contribution in [0.3, 0.4) is 0 Å². The van der Waals surface area contributed by atoms with Crippen LogP contribution < -0.4 is 10.2 Å². The summed E-state index contributed by atoms with van der Waals surface area (Å²) < 4.78 is 5.84. The van der Waals surface area contributed by atoms with Crippen LogP contribution in [0.1, 0.15) is 0 Å². The number of aromatic nitrogens is 1. The normalized spacial score (nSPS) is 28.2. The highest BCUT2D eigenvalue weighted by Crippen LogP contribution is 2.27. The number of hydrogen-bond acceptors (Lipinski definition) is 4. The van der Waals surface area contributed by atoms with Crippen LogP contribution in [-0.4, -0.2) is 43.4 Å². The molecule has 0 spiro atoms. The lowest BCUT2D eigenvalue weighted by Gasteiger charge is -2.42. The third kappa shape index (κ3) is 2.36. The zero-order valence-electron chi connectivity index (χ0n) is 9.20. The summed E-state index contributed by atoms with van der Waals surface area (Å²) in [5.74, 6) is 0. The van der Waals surface area contributed by atoms with Gasteiger partial charge in [-0.15, -0.1) is 0 Å². The highest BCUT2D eigenvalue weighted by Gasteiger charge is 2.31. The Morgan fingerprint density at radius 1 is 1.29 bits per heavy atom. The van der Waals surface area contributed by atoms with Gasteiger partial charge in [0.1, 0.15) is 5.15 Å². The van der Waals surface area contributed by atoms with E-state index in [-0.39, 0.29) is 12.2 Å². The number of halogens is 2. The molecule has 1 N–H and O–H groups in total. The molecular formula is C11H13Cl2N3O. The number of anilines is 1. The average Bonchev–Trinajstić information content (AvgIpc) is 2.32. The number of ether oxygens (including phenoxy) is 1. The van der Waals surface area contributed by atoms with Gasteiger partial charge in [0.25, 0.3) is 0 Å². The third-order valence-corrected chi connectivity index (χ3v) is 3.81. The number of pyridine rings is 1. The van der Waals surface area contributed by atoms with Gasteiger partial charge in [-0.25, -0.2) is 4.98 Å². The van der Waals surface area contributed by atoms with E-state index >= 15 is 0 Å². The van der Waals surface area contributed by atoms with Gasteiger partial charge < -0.3 is 15.0 Å². The molecule has 0 aliphatic carbocycles. The van der Waals surface area contributed by atoms with Crippen LogP contribution in [0.5, 0.6) is 0 Å². The third-order valence-electron chi connectivity index (χ3n) is 3.12. The molecular weight excluding hydrogens is 261 g/mol. The van der Waals surface area contributed by atoms with E-state index in [1.165, 1.54) is 0 Å². The zero-order valence-corrected chi connectivity index (χ0v) is 10.7. The monoisotopic (exact) mass is 273 g/mol. The number of rotatable bonds is 1. The molecule has 2 bridgehead atoms. The SMILES string of the molecule is Clc1cc(N2CC3CNCC(C2)O3)cnc1Cl. The Balaban J connectivity index is 1.81. The Morgan fingerprint density at radius 3 is 2.65 bits per heavy atom. The predicted molar refractivity (Wildman–Crippen MR) is 68.0 cm³/mol. The number of fused-ring (bicyclic) bond motifs is 2. The topological polar surface area (TPSA) is 37.4 Å². The summed E-state index contributed by atoms with van der Waals surface area (Å²) >= 11 is 11.8. The van der Waals surface area contributed by atoms with E-state index in [9.17, 15) is 0 Å². The van der Waals surface area contributed by atoms with Gasteiger partial charge in [0.05, 0.1) is 29.1 Å². The quantitative estimate of drug-likeness (QED) is 0.789. The second-order valence-corrected chi connectivity index (χ2v) is 5.17. The van der Waals surface area contributed by atoms with Gasteiger partial charge in [-0.1, -0.05) is 23.2 Å². The Bertz CT molecular complexity index is 417. The van der Waals surface area contributed by atoms with E-state index in [2.05, 4.69) is 15.2 Å². The molecule has 2 atom stereocenters. The summed E-state index contributed by atoms with van der Waals surface area (Å²) in [5.41, 5.74) is 1.01. The van der Waals surface area contributed by atoms with Crippen LogP contribution in [0.15, 0.2) is 12.3 Å². The first kappa shape index (κ1) is 11.5. The lowest BCUT2D eigenvalue weighted by Crippen LogP contribution is -2.58. The molecule has 17 heavy (non-hydrogen) atoms. The maximum Gasteiger partial charge on any atom is 0.147 e. The average molecular weight is 274 g/mol. The molecule has 0 amide bonds. The summed E-state index contributed by atoms with van der Waals surface area (Å²) in [6.45, 7) is 3.54. The Morgan fingerprint density at radius 2 is 2.00 bits per heavy atom. The summed E-state index contributed by atoms with van der Waals surface area (Å²) in [4.78, 5) is 6.34. The van der Waals surface area contributed by atoms with Crippen molar-refractivity contribution >= 4 is 28.9 Å². The van der Waals surface area contributed by atoms with Gasteiger partial charge in [0.2, 0.25) is 0 Å². The fourth-order valence-corrected chi connectivity index (χ4v) is 2.61. The minimum atomic E-state index is 0.247. The zero-order chi connectivity index (χ0) is 11.8. The minimum Gasteiger partial charge on any atom is -0.369 e. The van der Waals surface area contributed by atoms with Crippen LogP contribution in [-0.2, 0) is 4.74 Å². The molecule has 1 aromatic rings. The fraction of sp³-hybridized carbons (Fsp3) is 0.545. The maximum atomic E-state index is 5.99. The van der Waals surface area contributed by atoms with Crippen LogP contribution >= 0.6 is 23.2 Å². The van der Waals surface area contributed by atoms with Crippen LogP contribution in [0.2, 0.25) is 10.2 Å². The van der Waals surface area contributed by atoms with E-state index in [1.54, 1.807) is 6.20 Å². The predicted octanol–water partition coefficient (Wildman–Crippen LogP) is 1.57. The van der Waals surface area contributed by atoms with E-state index in [4.69, 9.17) is 27.9 Å². The van der Waals surface area contributed by atoms with Crippen molar-refractivity contribution < 1.29 is 4.74 Å². The minimum absolute atomic E-state index is 0.247. The summed E-state index contributed by atoms with van der Waals surface area (Å²) in [6.07, 6.45) is 2.26. The van der Waals surface area contributed by atoms with Crippen LogP contribution in [0, 0.1) is 0 Å². The first-order valence-electron chi connectivity index (χ1n) is 5.64. The molecule has 0 aromatic carbocycles. The Kier molecular flexibility index (Phi) is 3.13. The number of nitrogens with zero attached hydrogens (tertiary/aromatic N) is 2. The molecule has 2 fully saturated rings. The van der Waals surface area contributed by atoms with E-state index in [0.29, 0.717) is 10.2 Å². The molecule has 92 valence electrons. The molecule has 6 heteroatoms. The first-order valence-corrected chi connectivity index (χ1v) is 6.40. The van der Waals surface area contributed by atoms with Gasteiger partial charge >= 0.3 is 0 Å². The van der Waals surface area contributed by atoms with Crippen LogP contribution in [0.4, 0.5) is 5.69 Å². The molecule has 2 aliphatic rings. The van der Waals surface area contributed by atoms with Gasteiger partial charge in [0, 0.05) is 26.2 Å². The Labute approximate surface area is 110 Å². The summed E-state index contributed by atoms with van der Waals surface area (Å²) in [6, 6.07) is 1.87. The molecule has 2 unspecified atom stereocenters. The van der Waals surface area contributed by atoms with Crippen molar-refractivity contribution in [3.63, 3.8) is 0 Å². The van der Waals surface area contributed by atoms with Crippen molar-refractivity contribution in [1.29, 1.82) is 0 Å². The second kappa shape index (κ2) is 4.61. The maximum absolute atomic E-state index is 5.99. The first-order chi connectivity index (χ1) is 8.22. The molecule has 0 saturated carbocycles. The lowest BCUT2D eigenvalue weighted by atomic mass is 10.1. The van der Waals surface area contributed by atoms with Crippen molar-refractivity contribution in [3.05, 3.63) is 22.4 Å². The Hall–Kier alpha value is -0.550. The van der Waals surface area contributed by atoms with Crippen molar-refractivity contribution in [2.75, 3.05) is 31.1 Å². The highest BCUT2D eigenvalue weighted by molar-refractivity contribution is 6.41. The smallest absolute Gasteiger partial charge is 0.147 e. The van der Waals surface area contributed by atoms with Crippen molar-refractivity contribution in [3.8, 4) is 0 Å². The van der Waals surface area contributed by atoms with E-state index in [0.717, 1.165) is 31.9 Å². The molecule has 3 rings (SSSR count). The van der Waals surface area contributed by atoms with Gasteiger partial charge in [-0.05, 0) is 6.07 Å². The molecule has 2 saturated heterocycles. The number of hydrogen-bond donors (Lipinski definition) is 1. The number of nitrogens with one attached hydrogen (secondary N) is 1. The largest absolute Gasteiger partial charge is 0.369 e. The summed E-state index contributed by atoms with van der Waals surface area (Å²) in [5, 5.41) is 4.22. The van der Waals surface area contributed by atoms with Crippen molar-refractivity contribution in [2.45, 2.75) is 12.2 Å². The second-order valence-electron chi connectivity index (χ2n) is 4.41. The molecule has 2 aliphatic heterocycles. The van der Waals surface area contributed by atoms with Gasteiger partial charge in [-0.3, -0.25) is 0 Å². The lowest BCUT2D eigenvalue weighted by molar-refractivity contribution is -0.0484. The van der Waals surface area contributed by atoms with Gasteiger partial charge in [-0.2, -0.15) is 0 Å². The van der Waals surface area contributed by atoms with Crippen LogP contribution in [0.25, 0.3) is 0 Å². The standard InChI is InChI=1S/C11H13Cl2N3O/c12-10-1-7(2-15-11(10)13)16-5-8-3-14-4-9(6-16)17-8/h1-2,8-9,14H,3-6H2. The van der Waals surface area contributed by atoms with Crippen molar-refractivity contribution in [2.24, 2.45) is 0 Å². The van der Waals surface area contributed by atoms with E-state index < -0.39 is 0 Å².